The highest BCUT2D eigenvalue weighted by Crippen LogP contribution is 2.37. The van der Waals surface area contributed by atoms with Gasteiger partial charge in [0.1, 0.15) is 0 Å². The second-order valence-electron chi connectivity index (χ2n) is 5.33. The lowest BCUT2D eigenvalue weighted by Crippen LogP contribution is -2.36. The summed E-state index contributed by atoms with van der Waals surface area (Å²) in [4.78, 5) is 0. The molecule has 3 atom stereocenters. The van der Waals surface area contributed by atoms with Crippen molar-refractivity contribution >= 4 is 0 Å². The molecule has 0 amide bonds. The smallest absolute Gasteiger partial charge is 0.0621 e. The molecule has 1 saturated carbocycles. The Morgan fingerprint density at radius 1 is 1.22 bits per heavy atom. The first-order chi connectivity index (χ1) is 8.85. The van der Waals surface area contributed by atoms with E-state index in [0.717, 1.165) is 26.0 Å². The lowest BCUT2D eigenvalue weighted by atomic mass is 9.77. The zero-order chi connectivity index (χ0) is 12.8. The first-order valence-corrected chi connectivity index (χ1v) is 7.21. The van der Waals surface area contributed by atoms with E-state index >= 15 is 0 Å². The van der Waals surface area contributed by atoms with E-state index in [9.17, 15) is 0 Å². The highest BCUT2D eigenvalue weighted by Gasteiger charge is 2.30. The fourth-order valence-corrected chi connectivity index (χ4v) is 2.96. The third-order valence-electron chi connectivity index (χ3n) is 4.04. The lowest BCUT2D eigenvalue weighted by Gasteiger charge is -2.35. The number of hydrogen-bond donors (Lipinski definition) is 1. The molecule has 0 saturated heterocycles. The highest BCUT2D eigenvalue weighted by molar-refractivity contribution is 5.20. The molecule has 18 heavy (non-hydrogen) atoms. The molecule has 100 valence electrons. The van der Waals surface area contributed by atoms with Crippen LogP contribution in [0.4, 0.5) is 0 Å². The molecular weight excluding hydrogens is 222 g/mol. The van der Waals surface area contributed by atoms with Gasteiger partial charge in [0.15, 0.2) is 0 Å². The van der Waals surface area contributed by atoms with Crippen molar-refractivity contribution in [1.29, 1.82) is 0 Å². The Kier molecular flexibility index (Phi) is 5.21. The number of ether oxygens (including phenoxy) is 1. The molecule has 1 aliphatic rings. The van der Waals surface area contributed by atoms with E-state index < -0.39 is 0 Å². The maximum atomic E-state index is 6.01. The number of nitrogens with two attached hydrogens (primary N) is 1. The SMILES string of the molecule is CCCOC1CC(c2ccccc2)CCC1CN. The van der Waals surface area contributed by atoms with Crippen molar-refractivity contribution in [3.8, 4) is 0 Å². The molecule has 0 aromatic heterocycles. The number of benzene rings is 1. The molecule has 1 aromatic rings. The summed E-state index contributed by atoms with van der Waals surface area (Å²) in [6.45, 7) is 3.79. The van der Waals surface area contributed by atoms with Gasteiger partial charge in [0.25, 0.3) is 0 Å². The molecule has 0 aliphatic heterocycles. The van der Waals surface area contributed by atoms with Crippen LogP contribution in [0.25, 0.3) is 0 Å². The second-order valence-corrected chi connectivity index (χ2v) is 5.33. The summed E-state index contributed by atoms with van der Waals surface area (Å²) in [5.74, 6) is 1.20. The van der Waals surface area contributed by atoms with Gasteiger partial charge in [0.2, 0.25) is 0 Å². The van der Waals surface area contributed by atoms with Crippen LogP contribution in [0.15, 0.2) is 30.3 Å². The van der Waals surface area contributed by atoms with Crippen LogP contribution in [-0.2, 0) is 4.74 Å². The standard InChI is InChI=1S/C16H25NO/c1-2-10-18-16-11-14(8-9-15(16)12-17)13-6-4-3-5-7-13/h3-7,14-16H,2,8-12,17H2,1H3. The summed E-state index contributed by atoms with van der Waals surface area (Å²) in [6, 6.07) is 10.8. The average molecular weight is 247 g/mol. The van der Waals surface area contributed by atoms with Gasteiger partial charge in [-0.3, -0.25) is 0 Å². The minimum atomic E-state index is 0.355. The van der Waals surface area contributed by atoms with Crippen LogP contribution >= 0.6 is 0 Å². The minimum absolute atomic E-state index is 0.355. The van der Waals surface area contributed by atoms with Crippen molar-refractivity contribution < 1.29 is 4.74 Å². The maximum absolute atomic E-state index is 6.01. The van der Waals surface area contributed by atoms with Gasteiger partial charge in [-0.05, 0) is 49.6 Å². The summed E-state index contributed by atoms with van der Waals surface area (Å²) in [6.07, 6.45) is 5.02. The summed E-state index contributed by atoms with van der Waals surface area (Å²) < 4.78 is 6.01. The van der Waals surface area contributed by atoms with Gasteiger partial charge in [-0.1, -0.05) is 37.3 Å². The Morgan fingerprint density at radius 2 is 2.00 bits per heavy atom. The summed E-state index contributed by atoms with van der Waals surface area (Å²) >= 11 is 0. The molecule has 1 aliphatic carbocycles. The van der Waals surface area contributed by atoms with Gasteiger partial charge in [-0.25, -0.2) is 0 Å². The van der Waals surface area contributed by atoms with Crippen molar-refractivity contribution in [2.24, 2.45) is 11.7 Å². The Morgan fingerprint density at radius 3 is 2.67 bits per heavy atom. The molecule has 1 fully saturated rings. The summed E-state index contributed by atoms with van der Waals surface area (Å²) in [5.41, 5.74) is 7.33. The number of rotatable bonds is 5. The van der Waals surface area contributed by atoms with E-state index in [2.05, 4.69) is 37.3 Å². The Labute approximate surface area is 111 Å². The molecule has 2 heteroatoms. The van der Waals surface area contributed by atoms with Crippen LogP contribution in [0.2, 0.25) is 0 Å². The lowest BCUT2D eigenvalue weighted by molar-refractivity contribution is -0.0132. The van der Waals surface area contributed by atoms with E-state index in [1.54, 1.807) is 0 Å². The zero-order valence-corrected chi connectivity index (χ0v) is 11.3. The molecule has 2 N–H and O–H groups in total. The van der Waals surface area contributed by atoms with E-state index in [4.69, 9.17) is 10.5 Å². The fraction of sp³-hybridized carbons (Fsp3) is 0.625. The van der Waals surface area contributed by atoms with E-state index in [-0.39, 0.29) is 0 Å². The molecule has 2 nitrogen and oxygen atoms in total. The van der Waals surface area contributed by atoms with Gasteiger partial charge in [0.05, 0.1) is 6.10 Å². The molecule has 0 bridgehead atoms. The summed E-state index contributed by atoms with van der Waals surface area (Å²) in [7, 11) is 0. The minimum Gasteiger partial charge on any atom is -0.378 e. The maximum Gasteiger partial charge on any atom is 0.0621 e. The van der Waals surface area contributed by atoms with Gasteiger partial charge in [0, 0.05) is 6.61 Å². The van der Waals surface area contributed by atoms with Crippen LogP contribution in [0.1, 0.15) is 44.1 Å². The van der Waals surface area contributed by atoms with Crippen LogP contribution < -0.4 is 5.73 Å². The van der Waals surface area contributed by atoms with Crippen molar-refractivity contribution in [1.82, 2.24) is 0 Å². The highest BCUT2D eigenvalue weighted by atomic mass is 16.5. The third-order valence-corrected chi connectivity index (χ3v) is 4.04. The van der Waals surface area contributed by atoms with E-state index in [0.29, 0.717) is 17.9 Å². The molecule has 1 aromatic carbocycles. The summed E-state index contributed by atoms with van der Waals surface area (Å²) in [5, 5.41) is 0. The molecule has 2 rings (SSSR count). The van der Waals surface area contributed by atoms with Crippen molar-refractivity contribution in [3.05, 3.63) is 35.9 Å². The number of hydrogen-bond acceptors (Lipinski definition) is 2. The normalized spacial score (nSPS) is 28.2. The van der Waals surface area contributed by atoms with Gasteiger partial charge < -0.3 is 10.5 Å². The van der Waals surface area contributed by atoms with Gasteiger partial charge in [-0.2, -0.15) is 0 Å². The Bertz CT molecular complexity index is 338. The van der Waals surface area contributed by atoms with Crippen LogP contribution in [0.5, 0.6) is 0 Å². The van der Waals surface area contributed by atoms with Crippen molar-refractivity contribution in [3.63, 3.8) is 0 Å². The Balaban J connectivity index is 2.00. The molecular formula is C16H25NO. The van der Waals surface area contributed by atoms with E-state index in [1.807, 2.05) is 0 Å². The predicted molar refractivity (Wildman–Crippen MR) is 75.6 cm³/mol. The third kappa shape index (κ3) is 3.33. The molecule has 0 spiro atoms. The first-order valence-electron chi connectivity index (χ1n) is 7.21. The quantitative estimate of drug-likeness (QED) is 0.866. The molecule has 0 heterocycles. The molecule has 3 unspecified atom stereocenters. The van der Waals surface area contributed by atoms with Crippen LogP contribution in [0, 0.1) is 5.92 Å². The van der Waals surface area contributed by atoms with E-state index in [1.165, 1.54) is 18.4 Å². The predicted octanol–water partition coefficient (Wildman–Crippen LogP) is 3.32. The largest absolute Gasteiger partial charge is 0.378 e. The van der Waals surface area contributed by atoms with Crippen LogP contribution in [0.3, 0.4) is 0 Å². The van der Waals surface area contributed by atoms with Crippen molar-refractivity contribution in [2.75, 3.05) is 13.2 Å². The topological polar surface area (TPSA) is 35.2 Å². The van der Waals surface area contributed by atoms with Crippen LogP contribution in [-0.4, -0.2) is 19.3 Å². The van der Waals surface area contributed by atoms with Crippen molar-refractivity contribution in [2.45, 2.75) is 44.6 Å². The fourth-order valence-electron chi connectivity index (χ4n) is 2.96. The van der Waals surface area contributed by atoms with Gasteiger partial charge >= 0.3 is 0 Å². The second kappa shape index (κ2) is 6.91. The monoisotopic (exact) mass is 247 g/mol. The Hall–Kier alpha value is -0.860. The molecule has 0 radical (unpaired) electrons. The zero-order valence-electron chi connectivity index (χ0n) is 11.3. The van der Waals surface area contributed by atoms with Gasteiger partial charge in [-0.15, -0.1) is 0 Å². The first kappa shape index (κ1) is 13.6. The average Bonchev–Trinajstić information content (AvgIpc) is 2.45.